The topological polar surface area (TPSA) is 128 Å². The number of aromatic nitrogens is 2. The molecular weight excluding hydrogens is 318 g/mol. The van der Waals surface area contributed by atoms with Crippen molar-refractivity contribution < 1.29 is 19.5 Å². The molecule has 0 fully saturated rings. The predicted molar refractivity (Wildman–Crippen MR) is 86.3 cm³/mol. The van der Waals surface area contributed by atoms with Crippen molar-refractivity contribution in [2.24, 2.45) is 0 Å². The van der Waals surface area contributed by atoms with Crippen molar-refractivity contribution in [3.8, 4) is 17.4 Å². The van der Waals surface area contributed by atoms with Gasteiger partial charge in [0.25, 0.3) is 5.88 Å². The number of rotatable bonds is 6. The van der Waals surface area contributed by atoms with Gasteiger partial charge in [-0.2, -0.15) is 4.98 Å². The van der Waals surface area contributed by atoms with Crippen LogP contribution in [0.15, 0.2) is 23.0 Å². The molecular formula is C15H15N3O6. The molecule has 0 bridgehead atoms. The number of aromatic amines is 1. The second-order valence-corrected chi connectivity index (χ2v) is 4.53. The summed E-state index contributed by atoms with van der Waals surface area (Å²) in [4.78, 5) is 27.1. The Labute approximate surface area is 136 Å². The molecule has 1 aromatic carbocycles. The number of para-hydroxylation sites is 1. The van der Waals surface area contributed by atoms with Gasteiger partial charge in [0.05, 0.1) is 18.6 Å². The number of benzene rings is 1. The van der Waals surface area contributed by atoms with Crippen LogP contribution in [-0.4, -0.2) is 33.7 Å². The normalized spacial score (nSPS) is 10.8. The molecule has 0 saturated heterocycles. The number of hydrogen-bond donors (Lipinski definition) is 2. The van der Waals surface area contributed by atoms with Crippen molar-refractivity contribution >= 4 is 17.8 Å². The second kappa shape index (κ2) is 7.27. The van der Waals surface area contributed by atoms with Crippen molar-refractivity contribution in [2.75, 3.05) is 13.7 Å². The fraction of sp³-hybridized carbons (Fsp3) is 0.200. The summed E-state index contributed by atoms with van der Waals surface area (Å²) in [6.45, 7) is 2.25. The molecule has 2 aromatic rings. The lowest BCUT2D eigenvalue weighted by molar-refractivity contribution is -0.387. The zero-order valence-corrected chi connectivity index (χ0v) is 13.0. The van der Waals surface area contributed by atoms with E-state index in [1.54, 1.807) is 24.3 Å². The lowest BCUT2D eigenvalue weighted by atomic mass is 10.1. The average molecular weight is 333 g/mol. The van der Waals surface area contributed by atoms with E-state index in [4.69, 9.17) is 9.47 Å². The standard InChI is InChI=1S/C15H15N3O6/c1-3-24-13-9(5-4-6-10(13)23-2)7-8-11-16-14(19)12(18(21)22)15(20)17-11/h4-8H,3H2,1-2H3,(H2,16,17,19,20)/b8-7-. The first-order valence-electron chi connectivity index (χ1n) is 6.93. The largest absolute Gasteiger partial charge is 0.493 e. The van der Waals surface area contributed by atoms with E-state index in [2.05, 4.69) is 9.97 Å². The zero-order chi connectivity index (χ0) is 17.7. The van der Waals surface area contributed by atoms with E-state index in [0.29, 0.717) is 23.7 Å². The van der Waals surface area contributed by atoms with E-state index in [9.17, 15) is 20.0 Å². The maximum absolute atomic E-state index is 11.6. The third-order valence-corrected chi connectivity index (χ3v) is 3.02. The van der Waals surface area contributed by atoms with Crippen LogP contribution in [0.3, 0.4) is 0 Å². The third-order valence-electron chi connectivity index (χ3n) is 3.02. The van der Waals surface area contributed by atoms with Gasteiger partial charge in [0.2, 0.25) is 0 Å². The monoisotopic (exact) mass is 333 g/mol. The van der Waals surface area contributed by atoms with Crippen LogP contribution in [0.5, 0.6) is 17.4 Å². The zero-order valence-electron chi connectivity index (χ0n) is 13.0. The Morgan fingerprint density at radius 2 is 2.17 bits per heavy atom. The fourth-order valence-electron chi connectivity index (χ4n) is 2.01. The molecule has 2 rings (SSSR count). The van der Waals surface area contributed by atoms with Gasteiger partial charge in [-0.05, 0) is 25.1 Å². The first-order chi connectivity index (χ1) is 11.5. The number of ether oxygens (including phenoxy) is 2. The van der Waals surface area contributed by atoms with Crippen molar-refractivity contribution in [2.45, 2.75) is 6.92 Å². The minimum Gasteiger partial charge on any atom is -0.493 e. The first-order valence-corrected chi connectivity index (χ1v) is 6.93. The van der Waals surface area contributed by atoms with E-state index in [-0.39, 0.29) is 5.82 Å². The number of methoxy groups -OCH3 is 1. The average Bonchev–Trinajstić information content (AvgIpc) is 2.53. The van der Waals surface area contributed by atoms with Crippen LogP contribution >= 0.6 is 0 Å². The van der Waals surface area contributed by atoms with Crippen LogP contribution in [0.4, 0.5) is 5.69 Å². The van der Waals surface area contributed by atoms with Gasteiger partial charge < -0.3 is 19.6 Å². The van der Waals surface area contributed by atoms with Crippen molar-refractivity contribution in [3.63, 3.8) is 0 Å². The highest BCUT2D eigenvalue weighted by atomic mass is 16.6. The SMILES string of the molecule is CCOc1c(/C=C\c2nc(O)c([N+](=O)[O-])c(=O)[nH]2)cccc1OC. The summed E-state index contributed by atoms with van der Waals surface area (Å²) < 4.78 is 10.8. The Bertz CT molecular complexity index is 844. The summed E-state index contributed by atoms with van der Waals surface area (Å²) in [5.41, 5.74) is -1.39. The molecule has 0 aliphatic carbocycles. The number of H-pyrrole nitrogens is 1. The molecule has 24 heavy (non-hydrogen) atoms. The molecule has 2 N–H and O–H groups in total. The van der Waals surface area contributed by atoms with Crippen molar-refractivity contribution in [1.29, 1.82) is 0 Å². The van der Waals surface area contributed by atoms with E-state index >= 15 is 0 Å². The van der Waals surface area contributed by atoms with Crippen LogP contribution in [0, 0.1) is 10.1 Å². The predicted octanol–water partition coefficient (Wildman–Crippen LogP) is 1.96. The molecule has 0 aliphatic rings. The molecule has 0 unspecified atom stereocenters. The van der Waals surface area contributed by atoms with Gasteiger partial charge in [0.15, 0.2) is 11.5 Å². The minimum absolute atomic E-state index is 0.0339. The van der Waals surface area contributed by atoms with E-state index < -0.39 is 22.0 Å². The van der Waals surface area contributed by atoms with Crippen LogP contribution in [0.2, 0.25) is 0 Å². The second-order valence-electron chi connectivity index (χ2n) is 4.53. The molecule has 1 heterocycles. The van der Waals surface area contributed by atoms with Crippen molar-refractivity contribution in [1.82, 2.24) is 9.97 Å². The van der Waals surface area contributed by atoms with E-state index in [1.807, 2.05) is 6.92 Å². The van der Waals surface area contributed by atoms with E-state index in [0.717, 1.165) is 0 Å². The smallest absolute Gasteiger partial charge is 0.395 e. The molecule has 0 radical (unpaired) electrons. The number of aromatic hydroxyl groups is 1. The van der Waals surface area contributed by atoms with E-state index in [1.165, 1.54) is 13.2 Å². The van der Waals surface area contributed by atoms with Gasteiger partial charge >= 0.3 is 11.2 Å². The highest BCUT2D eigenvalue weighted by molar-refractivity contribution is 5.72. The Hall–Kier alpha value is -3.36. The van der Waals surface area contributed by atoms with Gasteiger partial charge in [-0.3, -0.25) is 14.9 Å². The molecule has 9 heteroatoms. The van der Waals surface area contributed by atoms with Gasteiger partial charge in [0, 0.05) is 5.56 Å². The number of nitrogens with one attached hydrogen (secondary N) is 1. The summed E-state index contributed by atoms with van der Waals surface area (Å²) in [6, 6.07) is 5.25. The first kappa shape index (κ1) is 17.0. The van der Waals surface area contributed by atoms with Crippen LogP contribution < -0.4 is 15.0 Å². The maximum Gasteiger partial charge on any atom is 0.395 e. The van der Waals surface area contributed by atoms with Gasteiger partial charge in [-0.15, -0.1) is 0 Å². The van der Waals surface area contributed by atoms with Gasteiger partial charge in [-0.25, -0.2) is 0 Å². The quantitative estimate of drug-likeness (QED) is 0.611. The Balaban J connectivity index is 2.42. The number of nitrogens with zero attached hydrogens (tertiary/aromatic N) is 2. The maximum atomic E-state index is 11.6. The van der Waals surface area contributed by atoms with Crippen LogP contribution in [0.25, 0.3) is 12.2 Å². The Morgan fingerprint density at radius 3 is 2.75 bits per heavy atom. The highest BCUT2D eigenvalue weighted by Gasteiger charge is 2.21. The highest BCUT2D eigenvalue weighted by Crippen LogP contribution is 2.32. The minimum atomic E-state index is -1.04. The fourth-order valence-corrected chi connectivity index (χ4v) is 2.01. The molecule has 9 nitrogen and oxygen atoms in total. The molecule has 1 aromatic heterocycles. The lowest BCUT2D eigenvalue weighted by Crippen LogP contribution is -2.14. The lowest BCUT2D eigenvalue weighted by Gasteiger charge is -2.11. The molecule has 0 saturated carbocycles. The Kier molecular flexibility index (Phi) is 5.15. The number of nitro groups is 1. The van der Waals surface area contributed by atoms with Crippen LogP contribution in [-0.2, 0) is 0 Å². The Morgan fingerprint density at radius 1 is 1.42 bits per heavy atom. The molecule has 0 spiro atoms. The summed E-state index contributed by atoms with van der Waals surface area (Å²) in [5.74, 6) is 0.0617. The molecule has 0 atom stereocenters. The summed E-state index contributed by atoms with van der Waals surface area (Å²) in [6.07, 6.45) is 2.97. The third kappa shape index (κ3) is 3.51. The number of hydrogen-bond acceptors (Lipinski definition) is 7. The molecule has 126 valence electrons. The van der Waals surface area contributed by atoms with Gasteiger partial charge in [0.1, 0.15) is 5.82 Å². The summed E-state index contributed by atoms with van der Waals surface area (Å²) in [7, 11) is 1.51. The molecule has 0 aliphatic heterocycles. The molecule has 0 amide bonds. The summed E-state index contributed by atoms with van der Waals surface area (Å²) >= 11 is 0. The van der Waals surface area contributed by atoms with Gasteiger partial charge in [-0.1, -0.05) is 12.1 Å². The van der Waals surface area contributed by atoms with Crippen LogP contribution in [0.1, 0.15) is 18.3 Å². The summed E-state index contributed by atoms with van der Waals surface area (Å²) in [5, 5.41) is 20.2. The van der Waals surface area contributed by atoms with Crippen molar-refractivity contribution in [3.05, 3.63) is 50.1 Å².